The molecule has 4 heteroatoms. The molecule has 4 saturated carbocycles. The number of fused-ring (bicyclic) bond motifs is 5. The average molecular weight is 431 g/mol. The fourth-order valence-electron chi connectivity index (χ4n) is 9.18. The summed E-state index contributed by atoms with van der Waals surface area (Å²) in [4.78, 5) is 0. The van der Waals surface area contributed by atoms with Gasteiger partial charge >= 0.3 is 0 Å². The first-order valence-corrected chi connectivity index (χ1v) is 13.2. The Labute approximate surface area is 189 Å². The van der Waals surface area contributed by atoms with Crippen molar-refractivity contribution in [2.75, 3.05) is 0 Å². The molecule has 176 valence electrons. The van der Waals surface area contributed by atoms with Crippen LogP contribution in [-0.2, 0) is 0 Å². The van der Waals surface area contributed by atoms with Crippen molar-refractivity contribution in [1.82, 2.24) is 0 Å². The summed E-state index contributed by atoms with van der Waals surface area (Å²) in [6.07, 6.45) is 13.8. The van der Waals surface area contributed by atoms with Gasteiger partial charge in [-0.15, -0.1) is 0 Å². The van der Waals surface area contributed by atoms with Crippen LogP contribution in [-0.4, -0.2) is 21.8 Å². The Bertz CT molecular complexity index is 716. The predicted octanol–water partition coefficient (Wildman–Crippen LogP) is 7.38. The lowest BCUT2D eigenvalue weighted by atomic mass is 9.44. The third kappa shape index (κ3) is 3.84. The average Bonchev–Trinajstić information content (AvgIpc) is 3.09. The van der Waals surface area contributed by atoms with E-state index in [0.717, 1.165) is 48.3 Å². The second kappa shape index (κ2) is 8.71. The summed E-state index contributed by atoms with van der Waals surface area (Å²) >= 11 is 0. The van der Waals surface area contributed by atoms with Crippen molar-refractivity contribution < 1.29 is 10.4 Å². The van der Waals surface area contributed by atoms with Gasteiger partial charge in [-0.3, -0.25) is 0 Å². The molecule has 4 aliphatic rings. The molecule has 0 saturated heterocycles. The summed E-state index contributed by atoms with van der Waals surface area (Å²) in [6, 6.07) is 0. The largest absolute Gasteiger partial charge is 0.411 e. The van der Waals surface area contributed by atoms with E-state index < -0.39 is 0 Å². The van der Waals surface area contributed by atoms with Crippen molar-refractivity contribution in [2.45, 2.75) is 105 Å². The molecule has 0 aromatic heterocycles. The van der Waals surface area contributed by atoms with Gasteiger partial charge in [0.25, 0.3) is 0 Å². The zero-order valence-corrected chi connectivity index (χ0v) is 20.6. The summed E-state index contributed by atoms with van der Waals surface area (Å²) in [6.45, 7) is 12.4. The molecule has 4 aliphatic carbocycles. The smallest absolute Gasteiger partial charge is 0.105 e. The van der Waals surface area contributed by atoms with Crippen LogP contribution < -0.4 is 0 Å². The van der Waals surface area contributed by atoms with E-state index in [-0.39, 0.29) is 5.41 Å². The van der Waals surface area contributed by atoms with E-state index in [2.05, 4.69) is 44.9 Å². The lowest BCUT2D eigenvalue weighted by molar-refractivity contribution is -0.0976. The summed E-state index contributed by atoms with van der Waals surface area (Å²) in [5, 5.41) is 26.0. The summed E-state index contributed by atoms with van der Waals surface area (Å²) < 4.78 is 0. The second-order valence-corrected chi connectivity index (χ2v) is 12.7. The van der Waals surface area contributed by atoms with Crippen molar-refractivity contribution in [2.24, 2.45) is 62.6 Å². The topological polar surface area (TPSA) is 65.2 Å². The van der Waals surface area contributed by atoms with Gasteiger partial charge < -0.3 is 10.4 Å². The number of hydrogen-bond donors (Lipinski definition) is 2. The van der Waals surface area contributed by atoms with Gasteiger partial charge in [0.2, 0.25) is 0 Å². The Hall–Kier alpha value is -1.06. The van der Waals surface area contributed by atoms with Gasteiger partial charge in [0.05, 0.1) is 0 Å². The minimum absolute atomic E-state index is 0.182. The molecule has 2 N–H and O–H groups in total. The van der Waals surface area contributed by atoms with Crippen molar-refractivity contribution >= 4 is 11.4 Å². The minimum atomic E-state index is 0.182. The van der Waals surface area contributed by atoms with E-state index in [1.54, 1.807) is 0 Å². The highest BCUT2D eigenvalue weighted by molar-refractivity contribution is 6.42. The van der Waals surface area contributed by atoms with Gasteiger partial charge in [-0.25, -0.2) is 0 Å². The normalized spacial score (nSPS) is 46.1. The Morgan fingerprint density at radius 1 is 0.871 bits per heavy atom. The zero-order valence-electron chi connectivity index (χ0n) is 20.6. The van der Waals surface area contributed by atoms with Gasteiger partial charge in [0, 0.05) is 6.42 Å². The molecule has 8 atom stereocenters. The standard InChI is InChI=1S/C27H46N2O2/c1-17(2)7-6-8-18(3)21-11-12-22-20-10-9-19-15-24(28-30)25(29-31)16-27(19,5)23(20)13-14-26(21,22)4/h17-23,30-31H,6-16H2,1-5H3/b28-24+,29-25+/t18-,19+,20+,21+,22-,23-,26-,27+/m1/s1. The highest BCUT2D eigenvalue weighted by Crippen LogP contribution is 2.68. The van der Waals surface area contributed by atoms with Crippen molar-refractivity contribution in [3.63, 3.8) is 0 Å². The van der Waals surface area contributed by atoms with Gasteiger partial charge in [-0.1, -0.05) is 64.2 Å². The van der Waals surface area contributed by atoms with Crippen LogP contribution in [0.4, 0.5) is 0 Å². The third-order valence-corrected chi connectivity index (χ3v) is 10.8. The van der Waals surface area contributed by atoms with Gasteiger partial charge in [-0.05, 0) is 97.2 Å². The maximum absolute atomic E-state index is 9.58. The second-order valence-electron chi connectivity index (χ2n) is 12.7. The SMILES string of the molecule is CC(C)CCC[C@@H](C)[C@@H]1CC[C@@H]2[C@@H]3CC[C@H]4CC(=N\O)/C(=N/O)C[C@]4(C)[C@@H]3CC[C@@]21C. The van der Waals surface area contributed by atoms with Crippen molar-refractivity contribution in [1.29, 1.82) is 0 Å². The van der Waals surface area contributed by atoms with E-state index in [0.29, 0.717) is 22.8 Å². The fourth-order valence-corrected chi connectivity index (χ4v) is 9.18. The van der Waals surface area contributed by atoms with Crippen LogP contribution in [0.15, 0.2) is 10.3 Å². The highest BCUT2D eigenvalue weighted by Gasteiger charge is 2.61. The molecule has 0 bridgehead atoms. The van der Waals surface area contributed by atoms with E-state index in [1.807, 2.05) is 0 Å². The first-order chi connectivity index (χ1) is 14.7. The molecule has 4 fully saturated rings. The van der Waals surface area contributed by atoms with Crippen LogP contribution in [0.2, 0.25) is 0 Å². The molecule has 0 aliphatic heterocycles. The van der Waals surface area contributed by atoms with E-state index >= 15 is 0 Å². The monoisotopic (exact) mass is 430 g/mol. The van der Waals surface area contributed by atoms with Crippen LogP contribution >= 0.6 is 0 Å². The molecular formula is C27H46N2O2. The molecule has 0 aromatic rings. The zero-order chi connectivity index (χ0) is 22.4. The van der Waals surface area contributed by atoms with Crippen LogP contribution in [0.1, 0.15) is 105 Å². The lowest BCUT2D eigenvalue weighted by Gasteiger charge is -2.60. The molecule has 0 aromatic carbocycles. The molecule has 0 amide bonds. The molecule has 4 nitrogen and oxygen atoms in total. The quantitative estimate of drug-likeness (QED) is 0.353. The summed E-state index contributed by atoms with van der Waals surface area (Å²) in [7, 11) is 0. The predicted molar refractivity (Wildman–Crippen MR) is 127 cm³/mol. The first-order valence-electron chi connectivity index (χ1n) is 13.2. The Morgan fingerprint density at radius 2 is 1.58 bits per heavy atom. The third-order valence-electron chi connectivity index (χ3n) is 10.8. The highest BCUT2D eigenvalue weighted by atomic mass is 16.4. The number of oxime groups is 2. The lowest BCUT2D eigenvalue weighted by Crippen LogP contribution is -2.55. The van der Waals surface area contributed by atoms with Crippen molar-refractivity contribution in [3.8, 4) is 0 Å². The molecular weight excluding hydrogens is 384 g/mol. The molecule has 0 heterocycles. The Morgan fingerprint density at radius 3 is 2.26 bits per heavy atom. The fraction of sp³-hybridized carbons (Fsp3) is 0.926. The van der Waals surface area contributed by atoms with Crippen LogP contribution in [0.3, 0.4) is 0 Å². The number of nitrogens with zero attached hydrogens (tertiary/aromatic N) is 2. The van der Waals surface area contributed by atoms with Crippen LogP contribution in [0.25, 0.3) is 0 Å². The van der Waals surface area contributed by atoms with Crippen LogP contribution in [0, 0.1) is 52.3 Å². The molecule has 0 spiro atoms. The maximum atomic E-state index is 9.58. The summed E-state index contributed by atoms with van der Waals surface area (Å²) in [5.41, 5.74) is 1.93. The van der Waals surface area contributed by atoms with Gasteiger partial charge in [-0.2, -0.15) is 0 Å². The van der Waals surface area contributed by atoms with Gasteiger partial charge in [0.1, 0.15) is 11.4 Å². The molecule has 0 unspecified atom stereocenters. The first kappa shape index (κ1) is 23.1. The van der Waals surface area contributed by atoms with Crippen LogP contribution in [0.5, 0.6) is 0 Å². The molecule has 31 heavy (non-hydrogen) atoms. The number of rotatable bonds is 5. The molecule has 4 rings (SSSR count). The summed E-state index contributed by atoms with van der Waals surface area (Å²) in [5.74, 6) is 5.53. The van der Waals surface area contributed by atoms with Gasteiger partial charge in [0.15, 0.2) is 0 Å². The maximum Gasteiger partial charge on any atom is 0.105 e. The van der Waals surface area contributed by atoms with E-state index in [1.165, 1.54) is 57.8 Å². The minimum Gasteiger partial charge on any atom is -0.411 e. The van der Waals surface area contributed by atoms with Crippen molar-refractivity contribution in [3.05, 3.63) is 0 Å². The van der Waals surface area contributed by atoms with E-state index in [9.17, 15) is 10.4 Å². The Kier molecular flexibility index (Phi) is 6.49. The number of hydrogen-bond acceptors (Lipinski definition) is 4. The van der Waals surface area contributed by atoms with E-state index in [4.69, 9.17) is 0 Å². The Balaban J connectivity index is 1.50. The molecule has 0 radical (unpaired) electrons.